The first-order valence-corrected chi connectivity index (χ1v) is 9.36. The van der Waals surface area contributed by atoms with Crippen LogP contribution < -0.4 is 5.32 Å². The third-order valence-corrected chi connectivity index (χ3v) is 5.21. The number of benzene rings is 1. The Labute approximate surface area is 154 Å². The Bertz CT molecular complexity index is 840. The van der Waals surface area contributed by atoms with Crippen LogP contribution in [0.5, 0.6) is 0 Å². The van der Waals surface area contributed by atoms with E-state index in [2.05, 4.69) is 54.7 Å². The molecule has 0 aliphatic heterocycles. The number of nitrogens with one attached hydrogen (secondary N) is 2. The second-order valence-electron chi connectivity index (χ2n) is 7.09. The largest absolute Gasteiger partial charge is 0.349 e. The first kappa shape index (κ1) is 18.2. The highest BCUT2D eigenvalue weighted by Crippen LogP contribution is 2.24. The van der Waals surface area contributed by atoms with E-state index in [9.17, 15) is 4.79 Å². The summed E-state index contributed by atoms with van der Waals surface area (Å²) in [6.07, 6.45) is 1.43. The van der Waals surface area contributed by atoms with Crippen molar-refractivity contribution in [2.24, 2.45) is 5.92 Å². The summed E-state index contributed by atoms with van der Waals surface area (Å²) in [5.74, 6) is 1.19. The van der Waals surface area contributed by atoms with Crippen molar-refractivity contribution >= 4 is 16.9 Å². The van der Waals surface area contributed by atoms with E-state index < -0.39 is 0 Å². The highest BCUT2D eigenvalue weighted by molar-refractivity contribution is 5.77. The molecule has 0 aliphatic carbocycles. The number of aromatic amines is 1. The second kappa shape index (κ2) is 7.77. The van der Waals surface area contributed by atoms with Gasteiger partial charge in [0.1, 0.15) is 5.82 Å². The quantitative estimate of drug-likeness (QED) is 0.667. The predicted molar refractivity (Wildman–Crippen MR) is 105 cm³/mol. The van der Waals surface area contributed by atoms with Crippen molar-refractivity contribution in [3.05, 3.63) is 53.6 Å². The van der Waals surface area contributed by atoms with Gasteiger partial charge in [-0.15, -0.1) is 0 Å². The third-order valence-electron chi connectivity index (χ3n) is 5.21. The zero-order valence-corrected chi connectivity index (χ0v) is 16.0. The number of aromatic nitrogens is 3. The van der Waals surface area contributed by atoms with Gasteiger partial charge in [0.25, 0.3) is 0 Å². The van der Waals surface area contributed by atoms with E-state index in [4.69, 9.17) is 4.98 Å². The number of para-hydroxylation sites is 2. The van der Waals surface area contributed by atoms with Crippen LogP contribution in [0.1, 0.15) is 49.9 Å². The fourth-order valence-corrected chi connectivity index (χ4v) is 3.35. The Morgan fingerprint density at radius 3 is 2.54 bits per heavy atom. The van der Waals surface area contributed by atoms with Crippen LogP contribution in [0.4, 0.5) is 0 Å². The Hall–Kier alpha value is -2.56. The number of imidazole rings is 1. The smallest absolute Gasteiger partial charge is 0.222 e. The van der Waals surface area contributed by atoms with Crippen LogP contribution in [0.25, 0.3) is 11.0 Å². The van der Waals surface area contributed by atoms with Gasteiger partial charge in [0.2, 0.25) is 5.91 Å². The van der Waals surface area contributed by atoms with Crippen LogP contribution in [0.15, 0.2) is 36.4 Å². The molecule has 138 valence electrons. The summed E-state index contributed by atoms with van der Waals surface area (Å²) in [7, 11) is 0. The SMILES string of the molecule is CCC(C)C(NC(=O)CCn1c(C)ccc1C)c1nc2ccccc2[nH]1. The molecule has 0 fully saturated rings. The minimum atomic E-state index is -0.105. The molecule has 1 amide bonds. The summed E-state index contributed by atoms with van der Waals surface area (Å²) in [4.78, 5) is 20.7. The van der Waals surface area contributed by atoms with Crippen LogP contribution in [-0.4, -0.2) is 20.4 Å². The minimum Gasteiger partial charge on any atom is -0.349 e. The highest BCUT2D eigenvalue weighted by atomic mass is 16.1. The van der Waals surface area contributed by atoms with Gasteiger partial charge in [-0.2, -0.15) is 0 Å². The molecule has 1 aromatic carbocycles. The van der Waals surface area contributed by atoms with Crippen molar-refractivity contribution in [1.29, 1.82) is 0 Å². The number of aryl methyl sites for hydroxylation is 2. The third kappa shape index (κ3) is 3.82. The number of hydrogen-bond acceptors (Lipinski definition) is 2. The van der Waals surface area contributed by atoms with Crippen LogP contribution >= 0.6 is 0 Å². The molecule has 0 radical (unpaired) electrons. The van der Waals surface area contributed by atoms with Crippen LogP contribution in [0, 0.1) is 19.8 Å². The highest BCUT2D eigenvalue weighted by Gasteiger charge is 2.23. The van der Waals surface area contributed by atoms with Gasteiger partial charge in [-0.1, -0.05) is 32.4 Å². The number of carbonyl (C=O) groups is 1. The molecule has 2 heterocycles. The Morgan fingerprint density at radius 1 is 1.19 bits per heavy atom. The van der Waals surface area contributed by atoms with Crippen molar-refractivity contribution in [3.63, 3.8) is 0 Å². The Balaban J connectivity index is 1.73. The summed E-state index contributed by atoms with van der Waals surface area (Å²) >= 11 is 0. The lowest BCUT2D eigenvalue weighted by Gasteiger charge is -2.22. The van der Waals surface area contributed by atoms with Gasteiger partial charge in [0, 0.05) is 24.4 Å². The van der Waals surface area contributed by atoms with Gasteiger partial charge >= 0.3 is 0 Å². The number of amides is 1. The van der Waals surface area contributed by atoms with Crippen LogP contribution in [-0.2, 0) is 11.3 Å². The van der Waals surface area contributed by atoms with Gasteiger partial charge in [0.05, 0.1) is 17.1 Å². The fourth-order valence-electron chi connectivity index (χ4n) is 3.35. The average molecular weight is 352 g/mol. The molecule has 5 nitrogen and oxygen atoms in total. The van der Waals surface area contributed by atoms with Crippen molar-refractivity contribution < 1.29 is 4.79 Å². The summed E-state index contributed by atoms with van der Waals surface area (Å²) < 4.78 is 2.18. The Morgan fingerprint density at radius 2 is 1.88 bits per heavy atom. The van der Waals surface area contributed by atoms with Crippen LogP contribution in [0.3, 0.4) is 0 Å². The van der Waals surface area contributed by atoms with E-state index >= 15 is 0 Å². The standard InChI is InChI=1S/C21H28N4O/c1-5-14(2)20(21-22-17-8-6-7-9-18(17)23-21)24-19(26)12-13-25-15(3)10-11-16(25)4/h6-11,14,20H,5,12-13H2,1-4H3,(H,22,23)(H,24,26). The van der Waals surface area contributed by atoms with E-state index in [1.807, 2.05) is 24.3 Å². The summed E-state index contributed by atoms with van der Waals surface area (Å²) in [5.41, 5.74) is 4.31. The predicted octanol–water partition coefficient (Wildman–Crippen LogP) is 4.27. The van der Waals surface area contributed by atoms with Gasteiger partial charge in [-0.3, -0.25) is 4.79 Å². The number of H-pyrrole nitrogens is 1. The normalized spacial score (nSPS) is 13.7. The minimum absolute atomic E-state index is 0.0586. The maximum absolute atomic E-state index is 12.6. The lowest BCUT2D eigenvalue weighted by Crippen LogP contribution is -2.33. The molecular formula is C21H28N4O. The molecule has 0 spiro atoms. The molecule has 0 saturated heterocycles. The lowest BCUT2D eigenvalue weighted by atomic mass is 9.98. The monoisotopic (exact) mass is 352 g/mol. The van der Waals surface area contributed by atoms with Gasteiger partial charge in [-0.25, -0.2) is 4.98 Å². The van der Waals surface area contributed by atoms with E-state index in [0.717, 1.165) is 23.3 Å². The van der Waals surface area contributed by atoms with Gasteiger partial charge in [0.15, 0.2) is 0 Å². The number of fused-ring (bicyclic) bond motifs is 1. The molecule has 2 N–H and O–H groups in total. The molecule has 26 heavy (non-hydrogen) atoms. The average Bonchev–Trinajstić information content (AvgIpc) is 3.20. The molecule has 2 unspecified atom stereocenters. The zero-order valence-electron chi connectivity index (χ0n) is 16.0. The van der Waals surface area contributed by atoms with Crippen molar-refractivity contribution in [2.45, 2.75) is 53.1 Å². The summed E-state index contributed by atoms with van der Waals surface area (Å²) in [6.45, 7) is 9.13. The van der Waals surface area contributed by atoms with E-state index in [1.165, 1.54) is 11.4 Å². The first-order valence-electron chi connectivity index (χ1n) is 9.36. The molecule has 0 aliphatic rings. The van der Waals surface area contributed by atoms with Crippen LogP contribution in [0.2, 0.25) is 0 Å². The summed E-state index contributed by atoms with van der Waals surface area (Å²) in [6, 6.07) is 12.0. The van der Waals surface area contributed by atoms with Crippen molar-refractivity contribution in [1.82, 2.24) is 19.9 Å². The zero-order chi connectivity index (χ0) is 18.7. The maximum atomic E-state index is 12.6. The maximum Gasteiger partial charge on any atom is 0.222 e. The van der Waals surface area contributed by atoms with E-state index in [-0.39, 0.29) is 11.9 Å². The Kier molecular flexibility index (Phi) is 5.45. The second-order valence-corrected chi connectivity index (χ2v) is 7.09. The molecule has 0 saturated carbocycles. The van der Waals surface area contributed by atoms with Crippen molar-refractivity contribution in [3.8, 4) is 0 Å². The van der Waals surface area contributed by atoms with Gasteiger partial charge in [-0.05, 0) is 44.0 Å². The van der Waals surface area contributed by atoms with Gasteiger partial charge < -0.3 is 14.9 Å². The lowest BCUT2D eigenvalue weighted by molar-refractivity contribution is -0.122. The van der Waals surface area contributed by atoms with E-state index in [0.29, 0.717) is 18.9 Å². The first-order chi connectivity index (χ1) is 12.5. The molecule has 3 aromatic rings. The molecule has 0 bridgehead atoms. The molecule has 2 atom stereocenters. The molecule has 3 rings (SSSR count). The number of nitrogens with zero attached hydrogens (tertiary/aromatic N) is 2. The summed E-state index contributed by atoms with van der Waals surface area (Å²) in [5, 5.41) is 3.20. The molecule has 5 heteroatoms. The number of rotatable bonds is 7. The topological polar surface area (TPSA) is 62.7 Å². The fraction of sp³-hybridized carbons (Fsp3) is 0.429. The molecular weight excluding hydrogens is 324 g/mol. The molecule has 2 aromatic heterocycles. The number of carbonyl (C=O) groups excluding carboxylic acids is 1. The van der Waals surface area contributed by atoms with E-state index in [1.54, 1.807) is 0 Å². The van der Waals surface area contributed by atoms with Crippen molar-refractivity contribution in [2.75, 3.05) is 0 Å². The number of hydrogen-bond donors (Lipinski definition) is 2.